The number of nitrogens with one attached hydrogen (secondary N) is 1. The monoisotopic (exact) mass is 297 g/mol. The number of hydrogen-bond acceptors (Lipinski definition) is 4. The van der Waals surface area contributed by atoms with Crippen LogP contribution < -0.4 is 10.1 Å². The molecule has 0 aliphatic carbocycles. The maximum absolute atomic E-state index is 6.21. The van der Waals surface area contributed by atoms with Crippen LogP contribution >= 0.6 is 23.2 Å². The minimum absolute atomic E-state index is 0.176. The van der Waals surface area contributed by atoms with Crippen molar-refractivity contribution in [2.24, 2.45) is 0 Å². The standard InChI is InChI=1S/C13H13Cl2N3O/c1-16-13(9-7-8(14)3-4-10(9)15)11-5-6-12(19-2)18-17-11/h3-7,13,16H,1-2H3. The van der Waals surface area contributed by atoms with Crippen molar-refractivity contribution in [2.45, 2.75) is 6.04 Å². The summed E-state index contributed by atoms with van der Waals surface area (Å²) in [6.45, 7) is 0. The van der Waals surface area contributed by atoms with Crippen molar-refractivity contribution >= 4 is 23.2 Å². The molecule has 2 rings (SSSR count). The Morgan fingerprint density at radius 3 is 2.53 bits per heavy atom. The lowest BCUT2D eigenvalue weighted by Crippen LogP contribution is -2.19. The zero-order chi connectivity index (χ0) is 13.8. The van der Waals surface area contributed by atoms with Crippen molar-refractivity contribution < 1.29 is 4.74 Å². The van der Waals surface area contributed by atoms with Gasteiger partial charge >= 0.3 is 0 Å². The third-order valence-corrected chi connectivity index (χ3v) is 3.30. The van der Waals surface area contributed by atoms with Crippen molar-refractivity contribution in [1.29, 1.82) is 0 Å². The molecule has 2 aromatic rings. The van der Waals surface area contributed by atoms with Gasteiger partial charge in [0.25, 0.3) is 0 Å². The molecule has 0 aliphatic heterocycles. The third kappa shape index (κ3) is 3.15. The molecular weight excluding hydrogens is 285 g/mol. The number of hydrogen-bond donors (Lipinski definition) is 1. The maximum atomic E-state index is 6.21. The van der Waals surface area contributed by atoms with Gasteiger partial charge in [0.05, 0.1) is 18.8 Å². The summed E-state index contributed by atoms with van der Waals surface area (Å²) < 4.78 is 4.99. The fourth-order valence-electron chi connectivity index (χ4n) is 1.79. The summed E-state index contributed by atoms with van der Waals surface area (Å²) in [5.74, 6) is 0.468. The van der Waals surface area contributed by atoms with E-state index in [1.807, 2.05) is 19.2 Å². The highest BCUT2D eigenvalue weighted by Gasteiger charge is 2.17. The van der Waals surface area contributed by atoms with Crippen LogP contribution in [0, 0.1) is 0 Å². The van der Waals surface area contributed by atoms with Gasteiger partial charge in [-0.1, -0.05) is 23.2 Å². The minimum Gasteiger partial charge on any atom is -0.480 e. The Morgan fingerprint density at radius 1 is 1.16 bits per heavy atom. The van der Waals surface area contributed by atoms with Crippen molar-refractivity contribution in [2.75, 3.05) is 14.2 Å². The summed E-state index contributed by atoms with van der Waals surface area (Å²) in [6.07, 6.45) is 0. The summed E-state index contributed by atoms with van der Waals surface area (Å²) in [7, 11) is 3.38. The molecular formula is C13H13Cl2N3O. The van der Waals surface area contributed by atoms with E-state index in [-0.39, 0.29) is 6.04 Å². The molecule has 1 aromatic carbocycles. The first-order valence-corrected chi connectivity index (χ1v) is 6.41. The first-order valence-electron chi connectivity index (χ1n) is 5.65. The number of nitrogens with zero attached hydrogens (tertiary/aromatic N) is 2. The van der Waals surface area contributed by atoms with Gasteiger partial charge in [-0.25, -0.2) is 0 Å². The fraction of sp³-hybridized carbons (Fsp3) is 0.231. The molecule has 1 atom stereocenters. The van der Waals surface area contributed by atoms with E-state index in [9.17, 15) is 0 Å². The average Bonchev–Trinajstić information content (AvgIpc) is 2.44. The van der Waals surface area contributed by atoms with Gasteiger partial charge in [-0.2, -0.15) is 0 Å². The highest BCUT2D eigenvalue weighted by atomic mass is 35.5. The van der Waals surface area contributed by atoms with Crippen molar-refractivity contribution in [3.05, 3.63) is 51.6 Å². The Hall–Kier alpha value is -1.36. The van der Waals surface area contributed by atoms with E-state index in [0.717, 1.165) is 11.3 Å². The largest absolute Gasteiger partial charge is 0.480 e. The number of benzene rings is 1. The number of methoxy groups -OCH3 is 1. The summed E-state index contributed by atoms with van der Waals surface area (Å²) >= 11 is 12.2. The molecule has 0 saturated heterocycles. The molecule has 0 radical (unpaired) electrons. The summed E-state index contributed by atoms with van der Waals surface area (Å²) in [5, 5.41) is 12.5. The summed E-state index contributed by atoms with van der Waals surface area (Å²) in [5.41, 5.74) is 1.60. The van der Waals surface area contributed by atoms with Crippen LogP contribution in [0.25, 0.3) is 0 Å². The molecule has 0 saturated carbocycles. The lowest BCUT2D eigenvalue weighted by atomic mass is 10.0. The van der Waals surface area contributed by atoms with Gasteiger partial charge in [-0.3, -0.25) is 0 Å². The van der Waals surface area contributed by atoms with Gasteiger partial charge in [-0.05, 0) is 36.9 Å². The first-order chi connectivity index (χ1) is 9.15. The Labute approximate surface area is 121 Å². The fourth-order valence-corrected chi connectivity index (χ4v) is 2.20. The highest BCUT2D eigenvalue weighted by Crippen LogP contribution is 2.29. The van der Waals surface area contributed by atoms with Gasteiger partial charge in [0.1, 0.15) is 0 Å². The molecule has 1 N–H and O–H groups in total. The molecule has 0 fully saturated rings. The predicted molar refractivity (Wildman–Crippen MR) is 75.9 cm³/mol. The quantitative estimate of drug-likeness (QED) is 0.942. The summed E-state index contributed by atoms with van der Waals surface area (Å²) in [6, 6.07) is 8.75. The van der Waals surface area contributed by atoms with E-state index in [1.165, 1.54) is 0 Å². The second kappa shape index (κ2) is 6.19. The van der Waals surface area contributed by atoms with Crippen LogP contribution in [0.15, 0.2) is 30.3 Å². The minimum atomic E-state index is -0.176. The SMILES string of the molecule is CNC(c1ccc(OC)nn1)c1cc(Cl)ccc1Cl. The van der Waals surface area contributed by atoms with Crippen molar-refractivity contribution in [3.8, 4) is 5.88 Å². The normalized spacial score (nSPS) is 12.2. The van der Waals surface area contributed by atoms with Gasteiger partial charge in [0, 0.05) is 16.1 Å². The van der Waals surface area contributed by atoms with Crippen LogP contribution in [-0.4, -0.2) is 24.4 Å². The summed E-state index contributed by atoms with van der Waals surface area (Å²) in [4.78, 5) is 0. The van der Waals surface area contributed by atoms with Crippen LogP contribution in [0.4, 0.5) is 0 Å². The molecule has 0 bridgehead atoms. The molecule has 0 spiro atoms. The van der Waals surface area contributed by atoms with Gasteiger partial charge < -0.3 is 10.1 Å². The van der Waals surface area contributed by atoms with Crippen LogP contribution in [0.2, 0.25) is 10.0 Å². The van der Waals surface area contributed by atoms with Crippen LogP contribution in [0.5, 0.6) is 5.88 Å². The Balaban J connectivity index is 2.40. The van der Waals surface area contributed by atoms with Gasteiger partial charge in [0.2, 0.25) is 5.88 Å². The number of halogens is 2. The molecule has 19 heavy (non-hydrogen) atoms. The predicted octanol–water partition coefficient (Wildman–Crippen LogP) is 3.10. The van der Waals surface area contributed by atoms with E-state index in [2.05, 4.69) is 15.5 Å². The first kappa shape index (κ1) is 14.1. The smallest absolute Gasteiger partial charge is 0.233 e. The van der Waals surface area contributed by atoms with E-state index in [1.54, 1.807) is 25.3 Å². The van der Waals surface area contributed by atoms with E-state index in [4.69, 9.17) is 27.9 Å². The second-order valence-corrected chi connectivity index (χ2v) is 4.73. The molecule has 1 heterocycles. The van der Waals surface area contributed by atoms with Crippen LogP contribution in [-0.2, 0) is 0 Å². The number of aromatic nitrogens is 2. The highest BCUT2D eigenvalue weighted by molar-refractivity contribution is 6.33. The van der Waals surface area contributed by atoms with E-state index in [0.29, 0.717) is 15.9 Å². The van der Waals surface area contributed by atoms with Gasteiger partial charge in [-0.15, -0.1) is 10.2 Å². The Kier molecular flexibility index (Phi) is 4.58. The Morgan fingerprint density at radius 2 is 1.95 bits per heavy atom. The van der Waals surface area contributed by atoms with Gasteiger partial charge in [0.15, 0.2) is 0 Å². The van der Waals surface area contributed by atoms with E-state index >= 15 is 0 Å². The third-order valence-electron chi connectivity index (χ3n) is 2.72. The molecule has 4 nitrogen and oxygen atoms in total. The molecule has 100 valence electrons. The molecule has 1 aromatic heterocycles. The number of rotatable bonds is 4. The second-order valence-electron chi connectivity index (χ2n) is 3.89. The van der Waals surface area contributed by atoms with E-state index < -0.39 is 0 Å². The lowest BCUT2D eigenvalue weighted by molar-refractivity contribution is 0.390. The lowest BCUT2D eigenvalue weighted by Gasteiger charge is -2.17. The average molecular weight is 298 g/mol. The zero-order valence-electron chi connectivity index (χ0n) is 10.5. The molecule has 1 unspecified atom stereocenters. The van der Waals surface area contributed by atoms with Crippen molar-refractivity contribution in [3.63, 3.8) is 0 Å². The molecule has 0 amide bonds. The topological polar surface area (TPSA) is 47.0 Å². The van der Waals surface area contributed by atoms with Crippen molar-refractivity contribution in [1.82, 2.24) is 15.5 Å². The Bertz CT molecular complexity index is 560. The number of ether oxygens (including phenoxy) is 1. The molecule has 0 aliphatic rings. The van der Waals surface area contributed by atoms with Crippen LogP contribution in [0.1, 0.15) is 17.3 Å². The molecule has 6 heteroatoms. The zero-order valence-corrected chi connectivity index (χ0v) is 12.0. The maximum Gasteiger partial charge on any atom is 0.233 e. The van der Waals surface area contributed by atoms with Crippen LogP contribution in [0.3, 0.4) is 0 Å².